The predicted molar refractivity (Wildman–Crippen MR) is 116 cm³/mol. The third-order valence-corrected chi connectivity index (χ3v) is 6.43. The topological polar surface area (TPSA) is 106 Å². The van der Waals surface area contributed by atoms with Crippen LogP contribution in [-0.2, 0) is 0 Å². The molecule has 5 rings (SSSR count). The normalized spacial score (nSPS) is 23.1. The Kier molecular flexibility index (Phi) is 5.16. The average Bonchev–Trinajstić information content (AvgIpc) is 3.21. The highest BCUT2D eigenvalue weighted by atomic mass is 19.1. The van der Waals surface area contributed by atoms with E-state index in [1.165, 1.54) is 12.8 Å². The number of halogens is 1. The molecule has 31 heavy (non-hydrogen) atoms. The van der Waals surface area contributed by atoms with E-state index in [4.69, 9.17) is 10.2 Å². The maximum atomic E-state index is 14.2. The van der Waals surface area contributed by atoms with Crippen LogP contribution in [0, 0.1) is 24.1 Å². The molecule has 2 fully saturated rings. The van der Waals surface area contributed by atoms with Crippen molar-refractivity contribution >= 4 is 28.4 Å². The molecule has 160 valence electrons. The Morgan fingerprint density at radius 3 is 2.81 bits per heavy atom. The molecule has 0 unspecified atom stereocenters. The fourth-order valence-corrected chi connectivity index (χ4v) is 5.00. The molecule has 2 aliphatic heterocycles. The van der Waals surface area contributed by atoms with E-state index in [-0.39, 0.29) is 5.82 Å². The van der Waals surface area contributed by atoms with Crippen molar-refractivity contribution in [2.75, 3.05) is 17.2 Å². The molecule has 5 heterocycles. The van der Waals surface area contributed by atoms with Crippen LogP contribution in [0.1, 0.15) is 37.8 Å². The smallest absolute Gasteiger partial charge is 0.189 e. The summed E-state index contributed by atoms with van der Waals surface area (Å²) in [5.41, 5.74) is 1.16. The molecule has 0 aliphatic carbocycles. The van der Waals surface area contributed by atoms with Crippen LogP contribution < -0.4 is 10.6 Å². The summed E-state index contributed by atoms with van der Waals surface area (Å²) >= 11 is 0. The molecule has 3 aromatic rings. The highest BCUT2D eigenvalue weighted by Crippen LogP contribution is 2.37. The molecule has 9 heteroatoms. The summed E-state index contributed by atoms with van der Waals surface area (Å²) in [4.78, 5) is 11.7. The zero-order valence-electron chi connectivity index (χ0n) is 17.4. The van der Waals surface area contributed by atoms with Gasteiger partial charge in [-0.2, -0.15) is 10.4 Å². The molecular formula is C22H25FN8. The van der Waals surface area contributed by atoms with Crippen molar-refractivity contribution in [1.82, 2.24) is 25.1 Å². The van der Waals surface area contributed by atoms with Crippen molar-refractivity contribution < 1.29 is 4.39 Å². The fraction of sp³-hybridized carbons (Fsp3) is 0.455. The standard InChI is InChI=1S/C22H25FN8/c1-13-20(23)22(30-29-13)28-19-12-18-17(4-2-8-25-18)21(27-19)26-14-10-15-5-6-16(11-14)31(15)9-3-7-24/h2,4,8,12,14-16H,3,5-6,9-11H2,1H3,(H3,26,27,28,29,30)/t14-,15-,16+. The summed E-state index contributed by atoms with van der Waals surface area (Å²) < 4.78 is 14.2. The molecule has 0 amide bonds. The molecule has 3 N–H and O–H groups in total. The zero-order chi connectivity index (χ0) is 21.4. The molecule has 2 aliphatic rings. The van der Waals surface area contributed by atoms with Crippen molar-refractivity contribution in [3.63, 3.8) is 0 Å². The van der Waals surface area contributed by atoms with Gasteiger partial charge in [-0.1, -0.05) is 0 Å². The number of aromatic amines is 1. The van der Waals surface area contributed by atoms with Crippen LogP contribution in [0.25, 0.3) is 10.9 Å². The van der Waals surface area contributed by atoms with E-state index in [9.17, 15) is 4.39 Å². The number of fused-ring (bicyclic) bond motifs is 3. The molecule has 2 saturated heterocycles. The van der Waals surface area contributed by atoms with Gasteiger partial charge in [0.15, 0.2) is 11.6 Å². The number of rotatable bonds is 6. The summed E-state index contributed by atoms with van der Waals surface area (Å²) in [7, 11) is 0. The summed E-state index contributed by atoms with van der Waals surface area (Å²) in [5, 5.41) is 23.1. The highest BCUT2D eigenvalue weighted by molar-refractivity contribution is 5.91. The van der Waals surface area contributed by atoms with E-state index in [2.05, 4.69) is 36.8 Å². The number of nitriles is 1. The minimum absolute atomic E-state index is 0.120. The van der Waals surface area contributed by atoms with Gasteiger partial charge in [-0.05, 0) is 44.7 Å². The van der Waals surface area contributed by atoms with E-state index in [1.54, 1.807) is 19.2 Å². The lowest BCUT2D eigenvalue weighted by Crippen LogP contribution is -2.47. The largest absolute Gasteiger partial charge is 0.367 e. The van der Waals surface area contributed by atoms with Crippen LogP contribution in [0.2, 0.25) is 0 Å². The van der Waals surface area contributed by atoms with Gasteiger partial charge < -0.3 is 10.6 Å². The maximum Gasteiger partial charge on any atom is 0.189 e. The number of hydrogen-bond donors (Lipinski definition) is 3. The Morgan fingerprint density at radius 1 is 1.29 bits per heavy atom. The second-order valence-corrected chi connectivity index (χ2v) is 8.41. The molecule has 8 nitrogen and oxygen atoms in total. The van der Waals surface area contributed by atoms with Crippen LogP contribution in [0.5, 0.6) is 0 Å². The Labute approximate surface area is 179 Å². The third-order valence-electron chi connectivity index (χ3n) is 6.43. The monoisotopic (exact) mass is 420 g/mol. The number of hydrogen-bond acceptors (Lipinski definition) is 7. The zero-order valence-corrected chi connectivity index (χ0v) is 17.4. The van der Waals surface area contributed by atoms with Crippen molar-refractivity contribution in [1.29, 1.82) is 5.26 Å². The van der Waals surface area contributed by atoms with E-state index < -0.39 is 5.82 Å². The van der Waals surface area contributed by atoms with Crippen molar-refractivity contribution in [2.24, 2.45) is 0 Å². The first-order valence-corrected chi connectivity index (χ1v) is 10.7. The first-order valence-electron chi connectivity index (χ1n) is 10.7. The molecule has 0 aromatic carbocycles. The lowest BCUT2D eigenvalue weighted by Gasteiger charge is -2.39. The van der Waals surface area contributed by atoms with E-state index in [0.29, 0.717) is 36.1 Å². The third kappa shape index (κ3) is 3.79. The molecule has 0 radical (unpaired) electrons. The lowest BCUT2D eigenvalue weighted by atomic mass is 9.97. The molecule has 0 saturated carbocycles. The van der Waals surface area contributed by atoms with Gasteiger partial charge in [0.25, 0.3) is 0 Å². The second-order valence-electron chi connectivity index (χ2n) is 8.41. The van der Waals surface area contributed by atoms with Crippen LogP contribution >= 0.6 is 0 Å². The molecule has 0 spiro atoms. The number of piperidine rings is 1. The van der Waals surface area contributed by atoms with Gasteiger partial charge in [0.05, 0.1) is 17.3 Å². The van der Waals surface area contributed by atoms with Gasteiger partial charge in [0.1, 0.15) is 11.6 Å². The van der Waals surface area contributed by atoms with Crippen molar-refractivity contribution in [3.05, 3.63) is 35.9 Å². The van der Waals surface area contributed by atoms with Gasteiger partial charge in [-0.25, -0.2) is 9.37 Å². The van der Waals surface area contributed by atoms with Crippen LogP contribution in [-0.4, -0.2) is 49.7 Å². The SMILES string of the molecule is Cc1[nH]nc(Nc2cc3ncccc3c(N[C@@H]3C[C@H]4CC[C@@H](C3)N4CCC#N)n2)c1F. The van der Waals surface area contributed by atoms with Gasteiger partial charge in [-0.15, -0.1) is 0 Å². The van der Waals surface area contributed by atoms with Gasteiger partial charge in [0.2, 0.25) is 0 Å². The summed E-state index contributed by atoms with van der Waals surface area (Å²) in [6.45, 7) is 2.49. The number of anilines is 3. The van der Waals surface area contributed by atoms with E-state index in [0.717, 1.165) is 36.1 Å². The van der Waals surface area contributed by atoms with Crippen molar-refractivity contribution in [3.8, 4) is 6.07 Å². The Morgan fingerprint density at radius 2 is 2.10 bits per heavy atom. The van der Waals surface area contributed by atoms with Gasteiger partial charge in [-0.3, -0.25) is 15.0 Å². The summed E-state index contributed by atoms with van der Waals surface area (Å²) in [5.74, 6) is 0.943. The first kappa shape index (κ1) is 19.7. The number of H-pyrrole nitrogens is 1. The predicted octanol–water partition coefficient (Wildman–Crippen LogP) is 3.87. The molecule has 2 bridgehead atoms. The first-order chi connectivity index (χ1) is 15.1. The number of nitrogens with zero attached hydrogens (tertiary/aromatic N) is 5. The van der Waals surface area contributed by atoms with Crippen LogP contribution in [0.3, 0.4) is 0 Å². The van der Waals surface area contributed by atoms with Gasteiger partial charge >= 0.3 is 0 Å². The quantitative estimate of drug-likeness (QED) is 0.556. The minimum Gasteiger partial charge on any atom is -0.367 e. The number of aromatic nitrogens is 4. The van der Waals surface area contributed by atoms with Crippen molar-refractivity contribution in [2.45, 2.75) is 57.2 Å². The number of pyridine rings is 2. The second kappa shape index (κ2) is 8.12. The Hall–Kier alpha value is -3.25. The highest BCUT2D eigenvalue weighted by Gasteiger charge is 2.40. The molecular weight excluding hydrogens is 395 g/mol. The lowest BCUT2D eigenvalue weighted by molar-refractivity contribution is 0.136. The maximum absolute atomic E-state index is 14.2. The van der Waals surface area contributed by atoms with Crippen LogP contribution in [0.4, 0.5) is 21.8 Å². The Balaban J connectivity index is 1.39. The number of aryl methyl sites for hydroxylation is 1. The average molecular weight is 420 g/mol. The Bertz CT molecular complexity index is 1120. The van der Waals surface area contributed by atoms with E-state index in [1.807, 2.05) is 12.1 Å². The minimum atomic E-state index is -0.418. The van der Waals surface area contributed by atoms with Gasteiger partial charge in [0, 0.05) is 48.7 Å². The molecule has 3 atom stereocenters. The summed E-state index contributed by atoms with van der Waals surface area (Å²) in [6.07, 6.45) is 6.74. The van der Waals surface area contributed by atoms with Crippen LogP contribution in [0.15, 0.2) is 24.4 Å². The molecule has 3 aromatic heterocycles. The van der Waals surface area contributed by atoms with E-state index >= 15 is 0 Å². The fourth-order valence-electron chi connectivity index (χ4n) is 5.00. The summed E-state index contributed by atoms with van der Waals surface area (Å²) in [6, 6.07) is 9.29. The number of nitrogens with one attached hydrogen (secondary N) is 3.